The highest BCUT2D eigenvalue weighted by Gasteiger charge is 1.98. The first kappa shape index (κ1) is 12.9. The molecule has 0 aliphatic heterocycles. The average molecular weight is 232 g/mol. The minimum absolute atomic E-state index is 0. The molecule has 0 aliphatic rings. The van der Waals surface area contributed by atoms with Crippen LogP contribution in [0.2, 0.25) is 0 Å². The normalized spacial score (nSPS) is 8.64. The lowest BCUT2D eigenvalue weighted by Crippen LogP contribution is -1.84. The monoisotopic (exact) mass is 231 g/mol. The summed E-state index contributed by atoms with van der Waals surface area (Å²) in [4.78, 5) is 4.21. The van der Waals surface area contributed by atoms with Crippen molar-refractivity contribution in [3.63, 3.8) is 0 Å². The molecule has 2 heterocycles. The number of aryl methyl sites for hydroxylation is 1. The summed E-state index contributed by atoms with van der Waals surface area (Å²) in [6, 6.07) is 5.84. The Hall–Kier alpha value is -1.06. The lowest BCUT2D eigenvalue weighted by molar-refractivity contribution is 0.768. The first-order valence-electron chi connectivity index (χ1n) is 3.76. The molecule has 0 fully saturated rings. The molecule has 0 atom stereocenters. The van der Waals surface area contributed by atoms with Crippen LogP contribution in [0.25, 0.3) is 11.3 Å². The number of hydrogen-bond donors (Lipinski definition) is 0. The van der Waals surface area contributed by atoms with Crippen LogP contribution in [0.15, 0.2) is 36.8 Å². The molecule has 0 amide bonds. The van der Waals surface area contributed by atoms with Gasteiger partial charge in [-0.1, -0.05) is 6.07 Å². The van der Waals surface area contributed by atoms with E-state index in [2.05, 4.69) is 10.1 Å². The van der Waals surface area contributed by atoms with E-state index in [9.17, 15) is 0 Å². The molecule has 0 unspecified atom stereocenters. The van der Waals surface area contributed by atoms with Gasteiger partial charge in [0.2, 0.25) is 0 Å². The molecule has 14 heavy (non-hydrogen) atoms. The van der Waals surface area contributed by atoms with E-state index in [4.69, 9.17) is 0 Å². The lowest BCUT2D eigenvalue weighted by atomic mass is 10.2. The van der Waals surface area contributed by atoms with E-state index in [-0.39, 0.29) is 24.8 Å². The van der Waals surface area contributed by atoms with Crippen molar-refractivity contribution >= 4 is 24.8 Å². The number of pyridine rings is 1. The highest BCUT2D eigenvalue weighted by molar-refractivity contribution is 5.85. The van der Waals surface area contributed by atoms with Crippen LogP contribution >= 0.6 is 24.8 Å². The molecular formula is C9H11Cl2N3. The number of nitrogens with zero attached hydrogens (tertiary/aromatic N) is 3. The molecule has 0 saturated heterocycles. The Morgan fingerprint density at radius 3 is 2.50 bits per heavy atom. The summed E-state index contributed by atoms with van der Waals surface area (Å²) in [5.41, 5.74) is 2.02. The quantitative estimate of drug-likeness (QED) is 0.755. The average Bonchev–Trinajstić information content (AvgIpc) is 2.54. The Labute approximate surface area is 95.0 Å². The molecule has 2 aromatic heterocycles. The Morgan fingerprint density at radius 2 is 2.00 bits per heavy atom. The molecule has 0 bridgehead atoms. The zero-order valence-corrected chi connectivity index (χ0v) is 9.26. The molecular weight excluding hydrogens is 221 g/mol. The molecule has 0 saturated carbocycles. The standard InChI is InChI=1S/C9H9N3.2ClH/c1-12-7-8(6-11-12)9-4-2-3-5-10-9;;/h2-7H,1H3;2*1H. The van der Waals surface area contributed by atoms with Gasteiger partial charge < -0.3 is 0 Å². The molecule has 3 nitrogen and oxygen atoms in total. The fraction of sp³-hybridized carbons (Fsp3) is 0.111. The van der Waals surface area contributed by atoms with Crippen LogP contribution in [0.4, 0.5) is 0 Å². The smallest absolute Gasteiger partial charge is 0.0733 e. The van der Waals surface area contributed by atoms with Crippen molar-refractivity contribution in [2.45, 2.75) is 0 Å². The van der Waals surface area contributed by atoms with Gasteiger partial charge in [-0.25, -0.2) is 0 Å². The molecule has 0 aromatic carbocycles. The van der Waals surface area contributed by atoms with Crippen molar-refractivity contribution < 1.29 is 0 Å². The van der Waals surface area contributed by atoms with E-state index < -0.39 is 0 Å². The van der Waals surface area contributed by atoms with Crippen LogP contribution in [0, 0.1) is 0 Å². The fourth-order valence-corrected chi connectivity index (χ4v) is 1.09. The molecule has 2 aromatic rings. The number of rotatable bonds is 1. The van der Waals surface area contributed by atoms with Crippen LogP contribution in [-0.4, -0.2) is 14.8 Å². The first-order valence-corrected chi connectivity index (χ1v) is 3.76. The number of aromatic nitrogens is 3. The minimum Gasteiger partial charge on any atom is -0.275 e. The van der Waals surface area contributed by atoms with Gasteiger partial charge in [0.1, 0.15) is 0 Å². The SMILES string of the molecule is Cl.Cl.Cn1cc(-c2ccccn2)cn1. The van der Waals surface area contributed by atoms with Gasteiger partial charge in [-0.15, -0.1) is 24.8 Å². The van der Waals surface area contributed by atoms with Crippen LogP contribution in [0.5, 0.6) is 0 Å². The topological polar surface area (TPSA) is 30.7 Å². The maximum Gasteiger partial charge on any atom is 0.0733 e. The van der Waals surface area contributed by atoms with Gasteiger partial charge >= 0.3 is 0 Å². The third kappa shape index (κ3) is 2.72. The minimum atomic E-state index is 0. The zero-order chi connectivity index (χ0) is 8.39. The summed E-state index contributed by atoms with van der Waals surface area (Å²) in [5.74, 6) is 0. The predicted octanol–water partition coefficient (Wildman–Crippen LogP) is 2.33. The van der Waals surface area contributed by atoms with E-state index in [1.165, 1.54) is 0 Å². The van der Waals surface area contributed by atoms with Gasteiger partial charge in [-0.05, 0) is 12.1 Å². The Balaban J connectivity index is 0.000000845. The van der Waals surface area contributed by atoms with Crippen LogP contribution in [-0.2, 0) is 7.05 Å². The van der Waals surface area contributed by atoms with E-state index in [1.54, 1.807) is 10.9 Å². The van der Waals surface area contributed by atoms with E-state index in [1.807, 2.05) is 37.6 Å². The fourth-order valence-electron chi connectivity index (χ4n) is 1.09. The first-order chi connectivity index (χ1) is 5.86. The molecule has 0 radical (unpaired) electrons. The van der Waals surface area contributed by atoms with Gasteiger partial charge in [0, 0.05) is 25.0 Å². The van der Waals surface area contributed by atoms with Crippen molar-refractivity contribution in [1.82, 2.24) is 14.8 Å². The highest BCUT2D eigenvalue weighted by Crippen LogP contribution is 2.13. The van der Waals surface area contributed by atoms with Crippen molar-refractivity contribution in [1.29, 1.82) is 0 Å². The largest absolute Gasteiger partial charge is 0.275 e. The molecule has 0 N–H and O–H groups in total. The summed E-state index contributed by atoms with van der Waals surface area (Å²) in [5, 5.41) is 4.07. The van der Waals surface area contributed by atoms with Crippen LogP contribution in [0.1, 0.15) is 0 Å². The maximum absolute atomic E-state index is 4.21. The number of halogens is 2. The van der Waals surface area contributed by atoms with E-state index in [0.29, 0.717) is 0 Å². The van der Waals surface area contributed by atoms with E-state index in [0.717, 1.165) is 11.3 Å². The van der Waals surface area contributed by atoms with Crippen molar-refractivity contribution in [3.05, 3.63) is 36.8 Å². The third-order valence-electron chi connectivity index (χ3n) is 1.67. The summed E-state index contributed by atoms with van der Waals surface area (Å²) >= 11 is 0. The second-order valence-electron chi connectivity index (χ2n) is 2.62. The molecule has 0 spiro atoms. The Kier molecular flexibility index (Phi) is 5.20. The molecule has 5 heteroatoms. The Morgan fingerprint density at radius 1 is 1.21 bits per heavy atom. The maximum atomic E-state index is 4.21. The lowest BCUT2D eigenvalue weighted by Gasteiger charge is -1.92. The van der Waals surface area contributed by atoms with Crippen LogP contribution < -0.4 is 0 Å². The Bertz CT molecular complexity index is 373. The van der Waals surface area contributed by atoms with E-state index >= 15 is 0 Å². The van der Waals surface area contributed by atoms with Gasteiger partial charge in [-0.2, -0.15) is 5.10 Å². The summed E-state index contributed by atoms with van der Waals surface area (Å²) in [6.07, 6.45) is 5.53. The van der Waals surface area contributed by atoms with Gasteiger partial charge in [0.05, 0.1) is 11.9 Å². The third-order valence-corrected chi connectivity index (χ3v) is 1.67. The van der Waals surface area contributed by atoms with Crippen LogP contribution in [0.3, 0.4) is 0 Å². The van der Waals surface area contributed by atoms with Crippen molar-refractivity contribution in [3.8, 4) is 11.3 Å². The van der Waals surface area contributed by atoms with Crippen molar-refractivity contribution in [2.75, 3.05) is 0 Å². The number of hydrogen-bond acceptors (Lipinski definition) is 2. The zero-order valence-electron chi connectivity index (χ0n) is 7.62. The molecule has 0 aliphatic carbocycles. The molecule has 2 rings (SSSR count). The van der Waals surface area contributed by atoms with Crippen molar-refractivity contribution in [2.24, 2.45) is 7.05 Å². The van der Waals surface area contributed by atoms with Gasteiger partial charge in [-0.3, -0.25) is 9.67 Å². The summed E-state index contributed by atoms with van der Waals surface area (Å²) in [6.45, 7) is 0. The highest BCUT2D eigenvalue weighted by atomic mass is 35.5. The van der Waals surface area contributed by atoms with Gasteiger partial charge in [0.15, 0.2) is 0 Å². The molecule has 76 valence electrons. The second-order valence-corrected chi connectivity index (χ2v) is 2.62. The summed E-state index contributed by atoms with van der Waals surface area (Å²) < 4.78 is 1.77. The summed E-state index contributed by atoms with van der Waals surface area (Å²) in [7, 11) is 1.90. The van der Waals surface area contributed by atoms with Gasteiger partial charge in [0.25, 0.3) is 0 Å². The predicted molar refractivity (Wildman–Crippen MR) is 60.9 cm³/mol. The second kappa shape index (κ2) is 5.62.